The average molecular weight is 261 g/mol. The van der Waals surface area contributed by atoms with E-state index in [1.165, 1.54) is 0 Å². The van der Waals surface area contributed by atoms with Crippen molar-refractivity contribution in [2.24, 2.45) is 0 Å². The normalized spacial score (nSPS) is 11.6. The van der Waals surface area contributed by atoms with E-state index >= 15 is 0 Å². The molecule has 0 spiro atoms. The SMILES string of the molecule is CCCCCCS(=O)(=O)c1n[nH]c(=O)[nH]c1=O. The van der Waals surface area contributed by atoms with Crippen LogP contribution in [-0.4, -0.2) is 29.4 Å². The van der Waals surface area contributed by atoms with Gasteiger partial charge in [0.1, 0.15) is 0 Å². The molecule has 0 radical (unpaired) electrons. The van der Waals surface area contributed by atoms with Crippen LogP contribution in [0.1, 0.15) is 32.6 Å². The van der Waals surface area contributed by atoms with E-state index in [-0.39, 0.29) is 5.75 Å². The van der Waals surface area contributed by atoms with Crippen LogP contribution in [0.15, 0.2) is 14.6 Å². The smallest absolute Gasteiger partial charge is 0.270 e. The molecule has 0 amide bonds. The van der Waals surface area contributed by atoms with Crippen LogP contribution in [0, 0.1) is 0 Å². The van der Waals surface area contributed by atoms with Crippen LogP contribution >= 0.6 is 0 Å². The monoisotopic (exact) mass is 261 g/mol. The molecule has 0 aliphatic rings. The van der Waals surface area contributed by atoms with Crippen molar-refractivity contribution in [3.8, 4) is 0 Å². The number of aromatic nitrogens is 3. The Bertz CT molecular complexity index is 572. The zero-order chi connectivity index (χ0) is 12.9. The van der Waals surface area contributed by atoms with Crippen molar-refractivity contribution in [3.05, 3.63) is 20.8 Å². The Labute approximate surface area is 98.2 Å². The van der Waals surface area contributed by atoms with Gasteiger partial charge in [-0.3, -0.25) is 9.78 Å². The lowest BCUT2D eigenvalue weighted by atomic mass is 10.2. The second-order valence-corrected chi connectivity index (χ2v) is 5.72. The predicted molar refractivity (Wildman–Crippen MR) is 61.7 cm³/mol. The molecule has 0 aromatic carbocycles. The molecule has 2 N–H and O–H groups in total. The summed E-state index contributed by atoms with van der Waals surface area (Å²) in [5, 5.41) is 4.57. The maximum atomic E-state index is 11.7. The fourth-order valence-corrected chi connectivity index (χ4v) is 2.66. The third-order valence-electron chi connectivity index (χ3n) is 2.24. The zero-order valence-corrected chi connectivity index (χ0v) is 10.3. The predicted octanol–water partition coefficient (Wildman–Crippen LogP) is -0.188. The minimum absolute atomic E-state index is 0.130. The van der Waals surface area contributed by atoms with E-state index in [4.69, 9.17) is 0 Å². The van der Waals surface area contributed by atoms with Gasteiger partial charge in [0.2, 0.25) is 14.9 Å². The van der Waals surface area contributed by atoms with Crippen molar-refractivity contribution in [1.82, 2.24) is 15.2 Å². The molecule has 96 valence electrons. The molecule has 8 heteroatoms. The molecule has 0 saturated carbocycles. The van der Waals surface area contributed by atoms with E-state index in [9.17, 15) is 18.0 Å². The number of rotatable bonds is 6. The van der Waals surface area contributed by atoms with Gasteiger partial charge < -0.3 is 0 Å². The molecule has 0 saturated heterocycles. The number of nitrogens with one attached hydrogen (secondary N) is 2. The fraction of sp³-hybridized carbons (Fsp3) is 0.667. The Morgan fingerprint density at radius 1 is 1.18 bits per heavy atom. The number of sulfone groups is 1. The third-order valence-corrected chi connectivity index (χ3v) is 3.93. The van der Waals surface area contributed by atoms with Crippen molar-refractivity contribution in [3.63, 3.8) is 0 Å². The van der Waals surface area contributed by atoms with Gasteiger partial charge in [-0.05, 0) is 6.42 Å². The van der Waals surface area contributed by atoms with Gasteiger partial charge in [0.05, 0.1) is 5.75 Å². The number of unbranched alkanes of at least 4 members (excludes halogenated alkanes) is 3. The van der Waals surface area contributed by atoms with Crippen molar-refractivity contribution >= 4 is 9.84 Å². The van der Waals surface area contributed by atoms with Gasteiger partial charge in [0.25, 0.3) is 5.56 Å². The highest BCUT2D eigenvalue weighted by molar-refractivity contribution is 7.91. The molecular formula is C9H15N3O4S. The number of nitrogens with zero attached hydrogens (tertiary/aromatic N) is 1. The average Bonchev–Trinajstić information content (AvgIpc) is 2.24. The van der Waals surface area contributed by atoms with Gasteiger partial charge in [-0.25, -0.2) is 18.3 Å². The van der Waals surface area contributed by atoms with Crippen LogP contribution in [0.25, 0.3) is 0 Å². The molecule has 17 heavy (non-hydrogen) atoms. The third kappa shape index (κ3) is 3.81. The van der Waals surface area contributed by atoms with Gasteiger partial charge in [-0.2, -0.15) is 5.10 Å². The molecule has 0 fully saturated rings. The Kier molecular flexibility index (Phi) is 4.62. The maximum absolute atomic E-state index is 11.7. The van der Waals surface area contributed by atoms with E-state index in [1.54, 1.807) is 0 Å². The van der Waals surface area contributed by atoms with Crippen LogP contribution in [-0.2, 0) is 9.84 Å². The summed E-state index contributed by atoms with van der Waals surface area (Å²) < 4.78 is 23.4. The summed E-state index contributed by atoms with van der Waals surface area (Å²) >= 11 is 0. The summed E-state index contributed by atoms with van der Waals surface area (Å²) in [5.74, 6) is -0.130. The molecular weight excluding hydrogens is 246 g/mol. The van der Waals surface area contributed by atoms with Gasteiger partial charge in [-0.15, -0.1) is 0 Å². The Hall–Kier alpha value is -1.44. The maximum Gasteiger partial charge on any atom is 0.342 e. The second kappa shape index (κ2) is 5.76. The Morgan fingerprint density at radius 2 is 1.88 bits per heavy atom. The van der Waals surface area contributed by atoms with Crippen LogP contribution in [0.3, 0.4) is 0 Å². The lowest BCUT2D eigenvalue weighted by Gasteiger charge is -2.01. The number of H-pyrrole nitrogens is 2. The number of hydrogen-bond acceptors (Lipinski definition) is 5. The summed E-state index contributed by atoms with van der Waals surface area (Å²) in [6.45, 7) is 2.02. The summed E-state index contributed by atoms with van der Waals surface area (Å²) in [6.07, 6.45) is 3.22. The lowest BCUT2D eigenvalue weighted by Crippen LogP contribution is -2.30. The minimum atomic E-state index is -3.71. The number of hydrogen-bond donors (Lipinski definition) is 2. The van der Waals surface area contributed by atoms with Gasteiger partial charge >= 0.3 is 5.69 Å². The molecule has 0 atom stereocenters. The quantitative estimate of drug-likeness (QED) is 0.689. The summed E-state index contributed by atoms with van der Waals surface area (Å²) in [7, 11) is -3.71. The summed E-state index contributed by atoms with van der Waals surface area (Å²) in [6, 6.07) is 0. The van der Waals surface area contributed by atoms with Crippen molar-refractivity contribution in [1.29, 1.82) is 0 Å². The number of aromatic amines is 2. The first-order valence-electron chi connectivity index (χ1n) is 5.39. The molecule has 0 aliphatic heterocycles. The van der Waals surface area contributed by atoms with E-state index in [1.807, 2.05) is 17.0 Å². The van der Waals surface area contributed by atoms with Crippen molar-refractivity contribution in [2.45, 2.75) is 37.6 Å². The second-order valence-electron chi connectivity index (χ2n) is 3.69. The van der Waals surface area contributed by atoms with Crippen LogP contribution in [0.2, 0.25) is 0 Å². The highest BCUT2D eigenvalue weighted by Gasteiger charge is 2.20. The van der Waals surface area contributed by atoms with Crippen molar-refractivity contribution < 1.29 is 8.42 Å². The van der Waals surface area contributed by atoms with Crippen LogP contribution in [0.4, 0.5) is 0 Å². The van der Waals surface area contributed by atoms with E-state index in [2.05, 4.69) is 5.10 Å². The summed E-state index contributed by atoms with van der Waals surface area (Å²) in [4.78, 5) is 23.8. The standard InChI is InChI=1S/C9H15N3O4S/c1-2-3-4-5-6-17(15,16)8-7(13)10-9(14)12-11-8/h2-6H2,1H3,(H2,10,12,13,14). The largest absolute Gasteiger partial charge is 0.342 e. The molecule has 1 aromatic heterocycles. The van der Waals surface area contributed by atoms with Crippen LogP contribution < -0.4 is 11.2 Å². The lowest BCUT2D eigenvalue weighted by molar-refractivity contribution is 0.579. The fourth-order valence-electron chi connectivity index (χ4n) is 1.36. The molecule has 1 rings (SSSR count). The van der Waals surface area contributed by atoms with Gasteiger partial charge in [0.15, 0.2) is 0 Å². The molecule has 0 aliphatic carbocycles. The van der Waals surface area contributed by atoms with E-state index in [0.29, 0.717) is 6.42 Å². The first-order valence-corrected chi connectivity index (χ1v) is 7.04. The van der Waals surface area contributed by atoms with E-state index < -0.39 is 26.1 Å². The van der Waals surface area contributed by atoms with Gasteiger partial charge in [0, 0.05) is 0 Å². The Balaban J connectivity index is 2.83. The highest BCUT2D eigenvalue weighted by Crippen LogP contribution is 2.06. The molecule has 1 heterocycles. The zero-order valence-electron chi connectivity index (χ0n) is 9.52. The highest BCUT2D eigenvalue weighted by atomic mass is 32.2. The summed E-state index contributed by atoms with van der Waals surface area (Å²) in [5.41, 5.74) is -1.79. The minimum Gasteiger partial charge on any atom is -0.270 e. The van der Waals surface area contributed by atoms with Crippen molar-refractivity contribution in [2.75, 3.05) is 5.75 Å². The van der Waals surface area contributed by atoms with Gasteiger partial charge in [-0.1, -0.05) is 26.2 Å². The van der Waals surface area contributed by atoms with Crippen LogP contribution in [0.5, 0.6) is 0 Å². The Morgan fingerprint density at radius 3 is 2.47 bits per heavy atom. The van der Waals surface area contributed by atoms with E-state index in [0.717, 1.165) is 19.3 Å². The first kappa shape index (κ1) is 13.6. The molecule has 1 aromatic rings. The molecule has 7 nitrogen and oxygen atoms in total. The molecule has 0 unspecified atom stereocenters. The molecule has 0 bridgehead atoms. The topological polar surface area (TPSA) is 113 Å². The first-order chi connectivity index (χ1) is 7.97.